The predicted molar refractivity (Wildman–Crippen MR) is 144 cm³/mol. The third-order valence-electron chi connectivity index (χ3n) is 5.99. The molecule has 1 saturated heterocycles. The Morgan fingerprint density at radius 2 is 2.21 bits per heavy atom. The van der Waals surface area contributed by atoms with Gasteiger partial charge in [-0.2, -0.15) is 0 Å². The molecule has 8 N–H and O–H groups in total. The van der Waals surface area contributed by atoms with Gasteiger partial charge in [0, 0.05) is 48.7 Å². The Hall–Kier alpha value is -4.09. The Morgan fingerprint density at radius 3 is 2.87 bits per heavy atom. The number of nitrogens with two attached hydrogens (primary N) is 2. The highest BCUT2D eigenvalue weighted by atomic mass is 32.2. The molecule has 1 saturated carbocycles. The number of carbonyl (C=O) groups excluding carboxylic acids is 2. The molecule has 1 aromatic heterocycles. The van der Waals surface area contributed by atoms with Crippen LogP contribution in [0.25, 0.3) is 5.57 Å². The molecule has 11 nitrogen and oxygen atoms in total. The minimum absolute atomic E-state index is 0.00619. The summed E-state index contributed by atoms with van der Waals surface area (Å²) in [6.45, 7) is 0.659. The Morgan fingerprint density at radius 1 is 1.44 bits per heavy atom. The fraction of sp³-hybridized carbons (Fsp3) is 0.360. The van der Waals surface area contributed by atoms with Gasteiger partial charge >= 0.3 is 0 Å². The van der Waals surface area contributed by atoms with Crippen LogP contribution in [-0.4, -0.2) is 60.0 Å². The molecule has 0 bridgehead atoms. The average Bonchev–Trinajstić information content (AvgIpc) is 3.76. The normalized spacial score (nSPS) is 20.6. The van der Waals surface area contributed by atoms with Gasteiger partial charge in [-0.15, -0.1) is 0 Å². The van der Waals surface area contributed by atoms with Crippen molar-refractivity contribution in [3.05, 3.63) is 53.3 Å². The van der Waals surface area contributed by atoms with E-state index in [0.29, 0.717) is 12.5 Å². The van der Waals surface area contributed by atoms with Gasteiger partial charge in [-0.05, 0) is 30.9 Å². The minimum Gasteiger partial charge on any atom is -0.495 e. The van der Waals surface area contributed by atoms with E-state index in [1.165, 1.54) is 36.5 Å². The molecule has 2 atom stereocenters. The first-order valence-corrected chi connectivity index (χ1v) is 12.9. The number of nitrogens with one attached hydrogen (secondary N) is 4. The number of amides is 2. The number of methoxy groups -OCH3 is 1. The van der Waals surface area contributed by atoms with Crippen molar-refractivity contribution in [3.63, 3.8) is 0 Å². The van der Waals surface area contributed by atoms with Crippen molar-refractivity contribution >= 4 is 40.0 Å². The number of hydrogen-bond acceptors (Lipinski definition) is 10. The molecule has 1 aromatic rings. The van der Waals surface area contributed by atoms with Crippen molar-refractivity contribution in [2.24, 2.45) is 17.4 Å². The summed E-state index contributed by atoms with van der Waals surface area (Å²) in [5.74, 6) is 5.27. The molecule has 14 heteroatoms. The number of hydrogen-bond donors (Lipinski definition) is 6. The number of rotatable bonds is 7. The summed E-state index contributed by atoms with van der Waals surface area (Å²) in [5, 5.41) is 16.0. The SMILES string of the molecule is COC1=CNC(C(F)F)C=C1c1cc(N2CCN/C(=C\N)C2=O)ncc1C(=O)NC(N)SC(=N)C#CC1CC1. The number of ether oxygens (including phenoxy) is 1. The van der Waals surface area contributed by atoms with Crippen LogP contribution in [0.2, 0.25) is 0 Å². The second-order valence-electron chi connectivity index (χ2n) is 8.76. The molecule has 206 valence electrons. The lowest BCUT2D eigenvalue weighted by atomic mass is 9.95. The highest BCUT2D eigenvalue weighted by Gasteiger charge is 2.30. The van der Waals surface area contributed by atoms with Gasteiger partial charge in [0.25, 0.3) is 18.2 Å². The molecule has 1 aliphatic carbocycles. The van der Waals surface area contributed by atoms with E-state index in [1.807, 2.05) is 0 Å². The van der Waals surface area contributed by atoms with Crippen LogP contribution in [0.5, 0.6) is 0 Å². The number of alkyl halides is 2. The molecule has 3 aliphatic rings. The fourth-order valence-electron chi connectivity index (χ4n) is 3.85. The van der Waals surface area contributed by atoms with Crippen molar-refractivity contribution < 1.29 is 23.1 Å². The van der Waals surface area contributed by atoms with Gasteiger partial charge in [0.1, 0.15) is 33.9 Å². The molecule has 4 rings (SSSR count). The largest absolute Gasteiger partial charge is 0.495 e. The lowest BCUT2D eigenvalue weighted by Gasteiger charge is -2.29. The Labute approximate surface area is 228 Å². The summed E-state index contributed by atoms with van der Waals surface area (Å²) in [4.78, 5) is 31.9. The maximum atomic E-state index is 13.6. The van der Waals surface area contributed by atoms with Crippen LogP contribution in [0.4, 0.5) is 14.6 Å². The zero-order valence-electron chi connectivity index (χ0n) is 21.0. The van der Waals surface area contributed by atoms with Crippen LogP contribution in [0.3, 0.4) is 0 Å². The predicted octanol–water partition coefficient (Wildman–Crippen LogP) is 1.02. The summed E-state index contributed by atoms with van der Waals surface area (Å²) >= 11 is 0.869. The Kier molecular flexibility index (Phi) is 8.72. The molecule has 0 spiro atoms. The average molecular weight is 559 g/mol. The summed E-state index contributed by atoms with van der Waals surface area (Å²) in [5.41, 5.74) is 11.2. The van der Waals surface area contributed by atoms with E-state index in [1.54, 1.807) is 0 Å². The van der Waals surface area contributed by atoms with E-state index >= 15 is 0 Å². The number of piperazine rings is 1. The number of anilines is 1. The van der Waals surface area contributed by atoms with E-state index in [-0.39, 0.29) is 45.6 Å². The fourth-order valence-corrected chi connectivity index (χ4v) is 4.39. The van der Waals surface area contributed by atoms with E-state index in [9.17, 15) is 18.4 Å². The van der Waals surface area contributed by atoms with E-state index in [0.717, 1.165) is 30.8 Å². The maximum Gasteiger partial charge on any atom is 0.277 e. The van der Waals surface area contributed by atoms with Gasteiger partial charge in [-0.3, -0.25) is 19.9 Å². The monoisotopic (exact) mass is 558 g/mol. The van der Waals surface area contributed by atoms with Crippen LogP contribution in [0.15, 0.2) is 42.2 Å². The first-order chi connectivity index (χ1) is 18.7. The van der Waals surface area contributed by atoms with Gasteiger partial charge in [-0.25, -0.2) is 13.8 Å². The molecule has 2 unspecified atom stereocenters. The van der Waals surface area contributed by atoms with E-state index in [2.05, 4.69) is 32.8 Å². The molecule has 3 heterocycles. The van der Waals surface area contributed by atoms with Gasteiger partial charge in [0.2, 0.25) is 0 Å². The third kappa shape index (κ3) is 6.68. The van der Waals surface area contributed by atoms with Crippen LogP contribution in [-0.2, 0) is 9.53 Å². The molecule has 0 aromatic carbocycles. The molecule has 2 fully saturated rings. The lowest BCUT2D eigenvalue weighted by Crippen LogP contribution is -2.47. The number of aromatic nitrogens is 1. The molecular formula is C25H28F2N8O3S. The summed E-state index contributed by atoms with van der Waals surface area (Å²) in [6.07, 6.45) is 4.22. The van der Waals surface area contributed by atoms with Crippen LogP contribution in [0.1, 0.15) is 28.8 Å². The van der Waals surface area contributed by atoms with Gasteiger partial charge in [0.05, 0.1) is 12.7 Å². The van der Waals surface area contributed by atoms with E-state index in [4.69, 9.17) is 21.6 Å². The maximum absolute atomic E-state index is 13.6. The van der Waals surface area contributed by atoms with Crippen molar-refractivity contribution in [1.82, 2.24) is 20.9 Å². The highest BCUT2D eigenvalue weighted by Crippen LogP contribution is 2.33. The van der Waals surface area contributed by atoms with E-state index < -0.39 is 29.8 Å². The standard InChI is InChI=1S/C25H28F2N8O3S/c1-38-19-12-32-17(22(26)27)8-15(19)14-9-21(35-7-6-31-18(10-28)24(35)37)33-11-16(14)23(36)34-25(30)39-20(29)5-4-13-2-3-13/h8-13,17,22,25,29,31-32H,2-3,6-7,28,30H2,1H3,(H,34,36)/b18-10-,29-20?. The summed E-state index contributed by atoms with van der Waals surface area (Å²) in [7, 11) is 1.37. The zero-order valence-corrected chi connectivity index (χ0v) is 21.8. The molecule has 39 heavy (non-hydrogen) atoms. The molecular weight excluding hydrogens is 530 g/mol. The first kappa shape index (κ1) is 27.9. The zero-order chi connectivity index (χ0) is 28.1. The van der Waals surface area contributed by atoms with Crippen molar-refractivity contribution in [3.8, 4) is 11.8 Å². The number of halogens is 2. The van der Waals surface area contributed by atoms with Gasteiger partial charge < -0.3 is 32.2 Å². The lowest BCUT2D eigenvalue weighted by molar-refractivity contribution is -0.116. The second-order valence-corrected chi connectivity index (χ2v) is 9.91. The van der Waals surface area contributed by atoms with Crippen molar-refractivity contribution in [1.29, 1.82) is 5.41 Å². The second kappa shape index (κ2) is 12.2. The number of nitrogens with zero attached hydrogens (tertiary/aromatic N) is 2. The van der Waals surface area contributed by atoms with Crippen LogP contribution < -0.4 is 32.3 Å². The summed E-state index contributed by atoms with van der Waals surface area (Å²) < 4.78 is 32.6. The van der Waals surface area contributed by atoms with Crippen molar-refractivity contribution in [2.75, 3.05) is 25.1 Å². The Balaban J connectivity index is 1.68. The quantitative estimate of drug-likeness (QED) is 0.0940. The summed E-state index contributed by atoms with van der Waals surface area (Å²) in [6, 6.07) is 0.114. The van der Waals surface area contributed by atoms with Crippen LogP contribution in [0, 0.1) is 23.2 Å². The topological polar surface area (TPSA) is 171 Å². The molecule has 2 amide bonds. The smallest absolute Gasteiger partial charge is 0.277 e. The third-order valence-corrected chi connectivity index (χ3v) is 6.70. The van der Waals surface area contributed by atoms with Gasteiger partial charge in [-0.1, -0.05) is 17.7 Å². The number of dihydropyridines is 1. The van der Waals surface area contributed by atoms with Gasteiger partial charge in [0.15, 0.2) is 0 Å². The number of allylic oxidation sites excluding steroid dienone is 1. The number of pyridine rings is 1. The molecule has 0 radical (unpaired) electrons. The Bertz CT molecular complexity index is 1320. The first-order valence-electron chi connectivity index (χ1n) is 12.0. The molecule has 2 aliphatic heterocycles. The number of carbonyl (C=O) groups is 2. The number of thioether (sulfide) groups is 1. The highest BCUT2D eigenvalue weighted by molar-refractivity contribution is 8.14. The van der Waals surface area contributed by atoms with Crippen LogP contribution >= 0.6 is 11.8 Å². The van der Waals surface area contributed by atoms with Crippen molar-refractivity contribution in [2.45, 2.75) is 30.8 Å². The minimum atomic E-state index is -2.74.